The van der Waals surface area contributed by atoms with Crippen LogP contribution in [0.15, 0.2) is 0 Å². The van der Waals surface area contributed by atoms with Crippen molar-refractivity contribution >= 4 is 17.9 Å². The number of unbranched alkanes of at least 4 members (excludes halogenated alkanes) is 33. The molecule has 0 aliphatic heterocycles. The average molecular weight is 765 g/mol. The summed E-state index contributed by atoms with van der Waals surface area (Å²) in [6.07, 6.45) is 45.1. The normalized spacial score (nSPS) is 11.8. The number of rotatable bonds is 44. The summed E-state index contributed by atoms with van der Waals surface area (Å²) in [6, 6.07) is 0. The van der Waals surface area contributed by atoms with Gasteiger partial charge in [0, 0.05) is 19.3 Å². The van der Waals surface area contributed by atoms with Gasteiger partial charge < -0.3 is 14.2 Å². The van der Waals surface area contributed by atoms with Crippen molar-refractivity contribution in [3.63, 3.8) is 0 Å². The third-order valence-corrected chi connectivity index (χ3v) is 10.9. The van der Waals surface area contributed by atoms with E-state index in [2.05, 4.69) is 20.8 Å². The highest BCUT2D eigenvalue weighted by molar-refractivity contribution is 5.71. The minimum absolute atomic E-state index is 0.0624. The summed E-state index contributed by atoms with van der Waals surface area (Å²) in [6.45, 7) is 6.64. The van der Waals surface area contributed by atoms with Crippen molar-refractivity contribution in [1.82, 2.24) is 0 Å². The van der Waals surface area contributed by atoms with Crippen LogP contribution in [0.2, 0.25) is 0 Å². The molecule has 0 heterocycles. The van der Waals surface area contributed by atoms with Crippen molar-refractivity contribution in [2.75, 3.05) is 13.2 Å². The molecule has 54 heavy (non-hydrogen) atoms. The molecule has 0 rings (SSSR count). The van der Waals surface area contributed by atoms with Crippen LogP contribution >= 0.6 is 0 Å². The predicted molar refractivity (Wildman–Crippen MR) is 229 cm³/mol. The van der Waals surface area contributed by atoms with Crippen molar-refractivity contribution < 1.29 is 28.6 Å². The van der Waals surface area contributed by atoms with Crippen molar-refractivity contribution in [3.8, 4) is 0 Å². The van der Waals surface area contributed by atoms with E-state index in [1.807, 2.05) is 0 Å². The van der Waals surface area contributed by atoms with Crippen LogP contribution in [0.25, 0.3) is 0 Å². The van der Waals surface area contributed by atoms with Gasteiger partial charge in [0.15, 0.2) is 6.10 Å². The quantitative estimate of drug-likeness (QED) is 0.0349. The molecule has 320 valence electrons. The molecule has 0 aromatic rings. The topological polar surface area (TPSA) is 78.9 Å². The lowest BCUT2D eigenvalue weighted by molar-refractivity contribution is -0.167. The number of hydrogen-bond acceptors (Lipinski definition) is 6. The lowest BCUT2D eigenvalue weighted by atomic mass is 10.0. The second kappa shape index (κ2) is 44.1. The third kappa shape index (κ3) is 41.6. The molecule has 0 unspecified atom stereocenters. The van der Waals surface area contributed by atoms with E-state index < -0.39 is 6.10 Å². The maximum absolute atomic E-state index is 12.7. The first kappa shape index (κ1) is 52.4. The SMILES string of the molecule is CCCCCCCCCCCCCCCCC(=O)OC[C@@H](COC(=O)CCCCCCCCCCC)OC(=O)CCCCCCCCCCCCCCC. The van der Waals surface area contributed by atoms with Gasteiger partial charge in [0.1, 0.15) is 13.2 Å². The standard InChI is InChI=1S/C48H92O6/c1-4-7-10-13-16-19-21-23-25-26-29-32-35-38-41-47(50)53-44-45(43-52-46(49)40-37-34-31-28-18-15-12-9-6-3)54-48(51)42-39-36-33-30-27-24-22-20-17-14-11-8-5-2/h45H,4-44H2,1-3H3/t45-/m1/s1. The molecular formula is C48H92O6. The highest BCUT2D eigenvalue weighted by Crippen LogP contribution is 2.16. The van der Waals surface area contributed by atoms with Gasteiger partial charge in [-0.15, -0.1) is 0 Å². The van der Waals surface area contributed by atoms with Gasteiger partial charge >= 0.3 is 17.9 Å². The molecule has 0 spiro atoms. The molecule has 0 bridgehead atoms. The van der Waals surface area contributed by atoms with Crippen LogP contribution in [0.4, 0.5) is 0 Å². The summed E-state index contributed by atoms with van der Waals surface area (Å²) in [5, 5.41) is 0. The number of carbonyl (C=O) groups is 3. The molecule has 0 aliphatic rings. The fraction of sp³-hybridized carbons (Fsp3) is 0.938. The van der Waals surface area contributed by atoms with Gasteiger partial charge in [0.25, 0.3) is 0 Å². The Hall–Kier alpha value is -1.59. The summed E-state index contributed by atoms with van der Waals surface area (Å²) < 4.78 is 16.7. The van der Waals surface area contributed by atoms with Crippen LogP contribution in [0.3, 0.4) is 0 Å². The molecule has 0 N–H and O–H groups in total. The van der Waals surface area contributed by atoms with Gasteiger partial charge in [-0.2, -0.15) is 0 Å². The molecule has 0 aromatic heterocycles. The minimum Gasteiger partial charge on any atom is -0.462 e. The molecule has 0 saturated carbocycles. The zero-order valence-electron chi connectivity index (χ0n) is 36.5. The van der Waals surface area contributed by atoms with E-state index in [1.165, 1.54) is 173 Å². The van der Waals surface area contributed by atoms with Crippen LogP contribution in [0.5, 0.6) is 0 Å². The van der Waals surface area contributed by atoms with Crippen molar-refractivity contribution in [1.29, 1.82) is 0 Å². The van der Waals surface area contributed by atoms with Crippen LogP contribution in [-0.4, -0.2) is 37.2 Å². The summed E-state index contributed by atoms with van der Waals surface area (Å²) in [5.41, 5.74) is 0. The molecular weight excluding hydrogens is 673 g/mol. The van der Waals surface area contributed by atoms with Crippen molar-refractivity contribution in [2.45, 2.75) is 277 Å². The Morgan fingerprint density at radius 3 is 0.741 bits per heavy atom. The monoisotopic (exact) mass is 765 g/mol. The fourth-order valence-corrected chi connectivity index (χ4v) is 7.21. The third-order valence-electron chi connectivity index (χ3n) is 10.9. The van der Waals surface area contributed by atoms with Gasteiger partial charge in [-0.05, 0) is 19.3 Å². The molecule has 0 fully saturated rings. The fourth-order valence-electron chi connectivity index (χ4n) is 7.21. The first-order valence-electron chi connectivity index (χ1n) is 24.0. The van der Waals surface area contributed by atoms with E-state index >= 15 is 0 Å². The van der Waals surface area contributed by atoms with Gasteiger partial charge in [-0.25, -0.2) is 0 Å². The summed E-state index contributed by atoms with van der Waals surface area (Å²) in [4.78, 5) is 37.7. The van der Waals surface area contributed by atoms with E-state index in [-0.39, 0.29) is 31.1 Å². The highest BCUT2D eigenvalue weighted by atomic mass is 16.6. The Morgan fingerprint density at radius 2 is 0.500 bits per heavy atom. The minimum atomic E-state index is -0.758. The molecule has 0 aromatic carbocycles. The summed E-state index contributed by atoms with van der Waals surface area (Å²) >= 11 is 0. The second-order valence-electron chi connectivity index (χ2n) is 16.4. The average Bonchev–Trinajstić information content (AvgIpc) is 3.17. The lowest BCUT2D eigenvalue weighted by Crippen LogP contribution is -2.30. The Balaban J connectivity index is 4.29. The molecule has 0 aliphatic carbocycles. The molecule has 6 heteroatoms. The van der Waals surface area contributed by atoms with Crippen LogP contribution in [0, 0.1) is 0 Å². The van der Waals surface area contributed by atoms with Crippen LogP contribution in [-0.2, 0) is 28.6 Å². The summed E-state index contributed by atoms with van der Waals surface area (Å²) in [5.74, 6) is -0.849. The molecule has 1 atom stereocenters. The number of esters is 3. The van der Waals surface area contributed by atoms with E-state index in [0.717, 1.165) is 57.8 Å². The Bertz CT molecular complexity index is 798. The molecule has 6 nitrogen and oxygen atoms in total. The zero-order chi connectivity index (χ0) is 39.4. The van der Waals surface area contributed by atoms with Gasteiger partial charge in [0.05, 0.1) is 0 Å². The van der Waals surface area contributed by atoms with Crippen LogP contribution < -0.4 is 0 Å². The van der Waals surface area contributed by atoms with E-state index in [1.54, 1.807) is 0 Å². The Morgan fingerprint density at radius 1 is 0.296 bits per heavy atom. The maximum atomic E-state index is 12.7. The van der Waals surface area contributed by atoms with Gasteiger partial charge in [0.2, 0.25) is 0 Å². The van der Waals surface area contributed by atoms with Crippen molar-refractivity contribution in [2.24, 2.45) is 0 Å². The first-order valence-corrected chi connectivity index (χ1v) is 24.0. The molecule has 0 radical (unpaired) electrons. The largest absolute Gasteiger partial charge is 0.462 e. The first-order chi connectivity index (χ1) is 26.5. The van der Waals surface area contributed by atoms with Gasteiger partial charge in [-0.1, -0.05) is 233 Å². The number of ether oxygens (including phenoxy) is 3. The zero-order valence-corrected chi connectivity index (χ0v) is 36.5. The molecule has 0 amide bonds. The predicted octanol–water partition coefficient (Wildman–Crippen LogP) is 15.3. The lowest BCUT2D eigenvalue weighted by Gasteiger charge is -2.18. The molecule has 0 saturated heterocycles. The highest BCUT2D eigenvalue weighted by Gasteiger charge is 2.19. The summed E-state index contributed by atoms with van der Waals surface area (Å²) in [7, 11) is 0. The van der Waals surface area contributed by atoms with E-state index in [0.29, 0.717) is 19.3 Å². The number of carbonyl (C=O) groups excluding carboxylic acids is 3. The Labute approximate surface area is 336 Å². The van der Waals surface area contributed by atoms with E-state index in [4.69, 9.17) is 14.2 Å². The van der Waals surface area contributed by atoms with E-state index in [9.17, 15) is 14.4 Å². The second-order valence-corrected chi connectivity index (χ2v) is 16.4. The maximum Gasteiger partial charge on any atom is 0.306 e. The smallest absolute Gasteiger partial charge is 0.306 e. The Kier molecular flexibility index (Phi) is 42.8. The van der Waals surface area contributed by atoms with Crippen molar-refractivity contribution in [3.05, 3.63) is 0 Å². The van der Waals surface area contributed by atoms with Gasteiger partial charge in [-0.3, -0.25) is 14.4 Å². The number of hydrogen-bond donors (Lipinski definition) is 0. The van der Waals surface area contributed by atoms with Crippen LogP contribution in [0.1, 0.15) is 271 Å².